The maximum absolute atomic E-state index is 14.7. The number of amides is 1. The number of rotatable bonds is 11. The predicted octanol–water partition coefficient (Wildman–Crippen LogP) is 3.48. The summed E-state index contributed by atoms with van der Waals surface area (Å²) in [5.41, 5.74) is 0.670. The number of nitrogens with one attached hydrogen (secondary N) is 1. The fourth-order valence-corrected chi connectivity index (χ4v) is 8.34. The van der Waals surface area contributed by atoms with E-state index in [0.29, 0.717) is 24.0 Å². The van der Waals surface area contributed by atoms with E-state index in [-0.39, 0.29) is 25.8 Å². The number of hydroxylamine groups is 2. The Labute approximate surface area is 315 Å². The molecule has 2 bridgehead atoms. The molecule has 3 heterocycles. The van der Waals surface area contributed by atoms with Crippen molar-refractivity contribution in [2.24, 2.45) is 5.41 Å². The highest BCUT2D eigenvalue weighted by molar-refractivity contribution is 5.94. The van der Waals surface area contributed by atoms with Gasteiger partial charge in [0.05, 0.1) is 19.2 Å². The van der Waals surface area contributed by atoms with E-state index in [4.69, 9.17) is 23.8 Å². The number of fused-ring (bicyclic) bond motifs is 5. The Morgan fingerprint density at radius 1 is 1.04 bits per heavy atom. The molecule has 55 heavy (non-hydrogen) atoms. The zero-order valence-electron chi connectivity index (χ0n) is 30.5. The zero-order chi connectivity index (χ0) is 39.3. The van der Waals surface area contributed by atoms with Crippen LogP contribution in [0.2, 0.25) is 0 Å². The minimum absolute atomic E-state index is 0.000766. The maximum Gasteiger partial charge on any atom is 0.422 e. The van der Waals surface area contributed by atoms with Crippen molar-refractivity contribution in [3.8, 4) is 0 Å². The minimum atomic E-state index is -4.69. The molecule has 0 unspecified atom stereocenters. The monoisotopic (exact) mass is 772 g/mol. The van der Waals surface area contributed by atoms with Gasteiger partial charge in [-0.05, 0) is 55.5 Å². The molecule has 0 aromatic heterocycles. The van der Waals surface area contributed by atoms with Crippen molar-refractivity contribution < 1.29 is 66.0 Å². The van der Waals surface area contributed by atoms with Gasteiger partial charge in [0, 0.05) is 31.8 Å². The van der Waals surface area contributed by atoms with E-state index in [2.05, 4.69) is 10.1 Å². The molecule has 2 N–H and O–H groups in total. The van der Waals surface area contributed by atoms with Crippen LogP contribution in [0.5, 0.6) is 0 Å². The van der Waals surface area contributed by atoms with Crippen LogP contribution in [-0.4, -0.2) is 101 Å². The largest absolute Gasteiger partial charge is 0.460 e. The van der Waals surface area contributed by atoms with Crippen LogP contribution in [0.15, 0.2) is 54.6 Å². The summed E-state index contributed by atoms with van der Waals surface area (Å²) in [7, 11) is 0. The van der Waals surface area contributed by atoms with Crippen molar-refractivity contribution in [2.45, 2.75) is 113 Å². The molecule has 0 radical (unpaired) electrons. The van der Waals surface area contributed by atoms with Gasteiger partial charge in [0.15, 0.2) is 18.4 Å². The molecular weight excluding hydrogens is 729 g/mol. The number of carbonyl (C=O) groups is 4. The molecule has 16 heteroatoms. The first-order chi connectivity index (χ1) is 26.0. The van der Waals surface area contributed by atoms with Crippen LogP contribution in [-0.2, 0) is 67.1 Å². The number of carbonyl (C=O) groups excluding carboxylic acids is 4. The van der Waals surface area contributed by atoms with Gasteiger partial charge in [0.2, 0.25) is 5.91 Å². The van der Waals surface area contributed by atoms with Gasteiger partial charge in [-0.3, -0.25) is 19.2 Å². The summed E-state index contributed by atoms with van der Waals surface area (Å²) in [4.78, 5) is 60.0. The topological polar surface area (TPSA) is 159 Å². The van der Waals surface area contributed by atoms with Crippen molar-refractivity contribution in [3.05, 3.63) is 76.9 Å². The highest BCUT2D eigenvalue weighted by Gasteiger charge is 2.76. The molecule has 3 aliphatic heterocycles. The van der Waals surface area contributed by atoms with Gasteiger partial charge in [-0.25, -0.2) is 4.79 Å². The molecule has 3 saturated heterocycles. The third-order valence-electron chi connectivity index (χ3n) is 10.5. The fourth-order valence-electron chi connectivity index (χ4n) is 8.34. The first-order valence-corrected chi connectivity index (χ1v) is 18.2. The molecule has 1 saturated carbocycles. The Balaban J connectivity index is 1.18. The fraction of sp³-hybridized carbons (Fsp3) is 0.538. The van der Waals surface area contributed by atoms with E-state index >= 15 is 0 Å². The Morgan fingerprint density at radius 3 is 2.38 bits per heavy atom. The van der Waals surface area contributed by atoms with Gasteiger partial charge in [0.25, 0.3) is 0 Å². The van der Waals surface area contributed by atoms with Crippen LogP contribution in [0.1, 0.15) is 62.3 Å². The summed E-state index contributed by atoms with van der Waals surface area (Å²) in [6.45, 7) is 2.83. The van der Waals surface area contributed by atoms with Crippen molar-refractivity contribution in [3.63, 3.8) is 0 Å². The van der Waals surface area contributed by atoms with Crippen LogP contribution in [0, 0.1) is 5.41 Å². The molecule has 4 fully saturated rings. The summed E-state index contributed by atoms with van der Waals surface area (Å²) < 4.78 is 66.9. The average Bonchev–Trinajstić information content (AvgIpc) is 3.79. The second kappa shape index (κ2) is 14.6. The minimum Gasteiger partial charge on any atom is -0.460 e. The molecule has 296 valence electrons. The number of benzene rings is 2. The third kappa shape index (κ3) is 7.87. The average molecular weight is 773 g/mol. The van der Waals surface area contributed by atoms with Crippen LogP contribution >= 0.6 is 0 Å². The van der Waals surface area contributed by atoms with E-state index in [1.54, 1.807) is 45.0 Å². The predicted molar refractivity (Wildman–Crippen MR) is 184 cm³/mol. The summed E-state index contributed by atoms with van der Waals surface area (Å²) in [5, 5.41) is 14.5. The number of nitrogens with zero attached hydrogens (tertiary/aromatic N) is 1. The smallest absolute Gasteiger partial charge is 0.422 e. The number of hydrogen-bond donors (Lipinski definition) is 2. The van der Waals surface area contributed by atoms with Crippen molar-refractivity contribution in [2.75, 3.05) is 13.2 Å². The molecule has 5 aliphatic rings. The highest BCUT2D eigenvalue weighted by Crippen LogP contribution is 2.58. The Hall–Kier alpha value is -4.35. The van der Waals surface area contributed by atoms with Crippen LogP contribution in [0.3, 0.4) is 0 Å². The highest BCUT2D eigenvalue weighted by atomic mass is 19.4. The van der Waals surface area contributed by atoms with Gasteiger partial charge < -0.3 is 34.1 Å². The molecule has 1 spiro atoms. The first-order valence-electron chi connectivity index (χ1n) is 18.2. The summed E-state index contributed by atoms with van der Waals surface area (Å²) >= 11 is 0. The van der Waals surface area contributed by atoms with Gasteiger partial charge >= 0.3 is 24.1 Å². The lowest BCUT2D eigenvalue weighted by molar-refractivity contribution is -0.217. The SMILES string of the molecule is CC(C)(C)OC(=O)CC[C@@H](CO)NC(=O)[C@@]12C[C@H]3OC(=O)[C@@H]1N(Cc1ccccc1C=CC(=O)OCC(F)(F)F)O[C@@H]2[C@H]1OC2(Cc4ccccc4C2)O[C@H]13. The van der Waals surface area contributed by atoms with E-state index in [1.165, 1.54) is 11.1 Å². The summed E-state index contributed by atoms with van der Waals surface area (Å²) in [6.07, 6.45) is -5.30. The van der Waals surface area contributed by atoms with Crippen LogP contribution in [0.25, 0.3) is 6.08 Å². The van der Waals surface area contributed by atoms with E-state index in [0.717, 1.165) is 17.2 Å². The van der Waals surface area contributed by atoms with Crippen LogP contribution < -0.4 is 5.32 Å². The van der Waals surface area contributed by atoms with Crippen molar-refractivity contribution in [1.29, 1.82) is 0 Å². The number of esters is 3. The van der Waals surface area contributed by atoms with Crippen molar-refractivity contribution in [1.82, 2.24) is 10.4 Å². The molecule has 13 nitrogen and oxygen atoms in total. The Morgan fingerprint density at radius 2 is 1.71 bits per heavy atom. The van der Waals surface area contributed by atoms with Gasteiger partial charge in [-0.1, -0.05) is 48.5 Å². The molecule has 2 aliphatic carbocycles. The molecule has 7 atom stereocenters. The lowest BCUT2D eigenvalue weighted by Gasteiger charge is -2.49. The number of alkyl halides is 3. The lowest BCUT2D eigenvalue weighted by Crippen LogP contribution is -2.70. The van der Waals surface area contributed by atoms with E-state index < -0.39 is 96.5 Å². The Bertz CT molecular complexity index is 1840. The van der Waals surface area contributed by atoms with Gasteiger partial charge in [-0.2, -0.15) is 18.2 Å². The maximum atomic E-state index is 14.7. The number of hydrogen-bond acceptors (Lipinski definition) is 12. The number of ether oxygens (including phenoxy) is 5. The molecule has 7 rings (SSSR count). The molecular formula is C39H43F3N2O11. The van der Waals surface area contributed by atoms with Crippen LogP contribution in [0.4, 0.5) is 13.2 Å². The summed E-state index contributed by atoms with van der Waals surface area (Å²) in [5.74, 6) is -4.15. The van der Waals surface area contributed by atoms with Gasteiger partial charge in [-0.15, -0.1) is 0 Å². The lowest BCUT2D eigenvalue weighted by atomic mass is 9.62. The molecule has 2 aromatic carbocycles. The zero-order valence-corrected chi connectivity index (χ0v) is 30.5. The number of aliphatic hydroxyl groups excluding tert-OH is 1. The first kappa shape index (κ1) is 38.9. The van der Waals surface area contributed by atoms with Gasteiger partial charge in [0.1, 0.15) is 35.4 Å². The quantitative estimate of drug-likeness (QED) is 0.195. The second-order valence-corrected chi connectivity index (χ2v) is 15.7. The van der Waals surface area contributed by atoms with E-state index in [1.807, 2.05) is 24.3 Å². The molecule has 1 amide bonds. The van der Waals surface area contributed by atoms with Crippen molar-refractivity contribution >= 4 is 29.9 Å². The number of aliphatic hydroxyl groups is 1. The standard InChI is InChI=1S/C39H43F3N2O11/c1-36(2,3)52-29(47)15-13-26(20-45)43-35(49)38-18-27-30-31(54-37(53-30)16-23-9-5-6-10-24(23)17-37)33(38)55-44(32(38)34(48)51-27)19-25-11-7-4-8-22(25)12-14-28(46)50-21-39(40,41)42/h4-12,14,26-27,30-33,45H,13,15-21H2,1-3H3,(H,43,49)/t26-,27+,30-,31-,32-,33+,38-/m0/s1. The Kier molecular flexibility index (Phi) is 10.3. The number of halogens is 3. The van der Waals surface area contributed by atoms with E-state index in [9.17, 15) is 37.5 Å². The normalized spacial score (nSPS) is 28.4. The second-order valence-electron chi connectivity index (χ2n) is 15.7. The third-order valence-corrected chi connectivity index (χ3v) is 10.5. The summed E-state index contributed by atoms with van der Waals surface area (Å²) in [6, 6.07) is 12.3. The molecule has 2 aromatic rings.